The molecule has 0 bridgehead atoms. The number of piperidine rings is 1. The van der Waals surface area contributed by atoms with Gasteiger partial charge in [0.15, 0.2) is 0 Å². The molecule has 0 saturated carbocycles. The highest BCUT2D eigenvalue weighted by Crippen LogP contribution is 2.15. The Bertz CT molecular complexity index is 164. The molecule has 2 N–H and O–H groups in total. The summed E-state index contributed by atoms with van der Waals surface area (Å²) >= 11 is 0. The lowest BCUT2D eigenvalue weighted by Gasteiger charge is -2.36. The summed E-state index contributed by atoms with van der Waals surface area (Å²) in [5.74, 6) is 0.736. The monoisotopic (exact) mass is 213 g/mol. The van der Waals surface area contributed by atoms with E-state index in [1.165, 1.54) is 32.5 Å². The van der Waals surface area contributed by atoms with E-state index in [1.807, 2.05) is 0 Å². The molecule has 90 valence electrons. The van der Waals surface area contributed by atoms with Crippen LogP contribution < -0.4 is 5.73 Å². The Kier molecular flexibility index (Phi) is 5.58. The highest BCUT2D eigenvalue weighted by Gasteiger charge is 2.21. The van der Waals surface area contributed by atoms with E-state index < -0.39 is 0 Å². The molecule has 1 heterocycles. The summed E-state index contributed by atoms with van der Waals surface area (Å²) in [6.07, 6.45) is 3.79. The highest BCUT2D eigenvalue weighted by molar-refractivity contribution is 4.77. The Morgan fingerprint density at radius 1 is 1.40 bits per heavy atom. The average molecular weight is 213 g/mol. The number of hydrogen-bond acceptors (Lipinski definition) is 3. The molecule has 1 aliphatic rings. The molecular formula is C12H27N3. The number of nitrogens with zero attached hydrogens (tertiary/aromatic N) is 2. The van der Waals surface area contributed by atoms with Crippen LogP contribution in [0.15, 0.2) is 0 Å². The van der Waals surface area contributed by atoms with Crippen molar-refractivity contribution in [2.45, 2.75) is 32.2 Å². The van der Waals surface area contributed by atoms with Gasteiger partial charge in [-0.05, 0) is 58.9 Å². The van der Waals surface area contributed by atoms with Gasteiger partial charge in [-0.2, -0.15) is 0 Å². The normalized spacial score (nSPS) is 22.2. The molecule has 0 amide bonds. The molecule has 0 radical (unpaired) electrons. The first-order chi connectivity index (χ1) is 7.13. The molecule has 1 atom stereocenters. The van der Waals surface area contributed by atoms with Crippen LogP contribution in [-0.2, 0) is 0 Å². The summed E-state index contributed by atoms with van der Waals surface area (Å²) in [6, 6.07) is 0.793. The van der Waals surface area contributed by atoms with Gasteiger partial charge in [-0.15, -0.1) is 0 Å². The molecule has 1 fully saturated rings. The first kappa shape index (κ1) is 12.9. The second-order valence-corrected chi connectivity index (χ2v) is 5.16. The van der Waals surface area contributed by atoms with Crippen molar-refractivity contribution >= 4 is 0 Å². The van der Waals surface area contributed by atoms with Gasteiger partial charge in [0, 0.05) is 12.6 Å². The van der Waals surface area contributed by atoms with Gasteiger partial charge in [-0.25, -0.2) is 0 Å². The van der Waals surface area contributed by atoms with Crippen molar-refractivity contribution in [3.05, 3.63) is 0 Å². The maximum atomic E-state index is 5.58. The summed E-state index contributed by atoms with van der Waals surface area (Å²) in [5, 5.41) is 0. The Hall–Kier alpha value is -0.120. The largest absolute Gasteiger partial charge is 0.330 e. The van der Waals surface area contributed by atoms with Crippen LogP contribution in [0.4, 0.5) is 0 Å². The van der Waals surface area contributed by atoms with Crippen molar-refractivity contribution in [1.82, 2.24) is 9.80 Å². The summed E-state index contributed by atoms with van der Waals surface area (Å²) in [5.41, 5.74) is 5.58. The molecule has 0 aromatic heterocycles. The first-order valence-corrected chi connectivity index (χ1v) is 6.22. The van der Waals surface area contributed by atoms with E-state index >= 15 is 0 Å². The first-order valence-electron chi connectivity index (χ1n) is 6.22. The zero-order valence-corrected chi connectivity index (χ0v) is 10.6. The molecule has 0 aromatic rings. The Balaban J connectivity index is 2.24. The lowest BCUT2D eigenvalue weighted by molar-refractivity contribution is 0.130. The van der Waals surface area contributed by atoms with E-state index in [0.717, 1.165) is 24.9 Å². The van der Waals surface area contributed by atoms with Gasteiger partial charge in [0.05, 0.1) is 0 Å². The second kappa shape index (κ2) is 6.46. The molecule has 0 aromatic carbocycles. The number of hydrogen-bond donors (Lipinski definition) is 1. The summed E-state index contributed by atoms with van der Waals surface area (Å²) in [4.78, 5) is 4.96. The minimum absolute atomic E-state index is 0.736. The van der Waals surface area contributed by atoms with Gasteiger partial charge in [-0.1, -0.05) is 6.92 Å². The van der Waals surface area contributed by atoms with Gasteiger partial charge < -0.3 is 15.5 Å². The zero-order chi connectivity index (χ0) is 11.3. The lowest BCUT2D eigenvalue weighted by atomic mass is 10.0. The molecular weight excluding hydrogens is 186 g/mol. The van der Waals surface area contributed by atoms with Crippen molar-refractivity contribution in [3.8, 4) is 0 Å². The molecule has 1 aliphatic heterocycles. The maximum Gasteiger partial charge on any atom is 0.0117 e. The average Bonchev–Trinajstić information content (AvgIpc) is 2.18. The fraction of sp³-hybridized carbons (Fsp3) is 1.00. The third-order valence-electron chi connectivity index (χ3n) is 3.57. The molecule has 0 spiro atoms. The van der Waals surface area contributed by atoms with Crippen LogP contribution in [0.2, 0.25) is 0 Å². The minimum atomic E-state index is 0.736. The topological polar surface area (TPSA) is 32.5 Å². The van der Waals surface area contributed by atoms with Crippen LogP contribution >= 0.6 is 0 Å². The molecule has 1 rings (SSSR count). The molecule has 15 heavy (non-hydrogen) atoms. The maximum absolute atomic E-state index is 5.58. The van der Waals surface area contributed by atoms with E-state index in [-0.39, 0.29) is 0 Å². The minimum Gasteiger partial charge on any atom is -0.330 e. The smallest absolute Gasteiger partial charge is 0.0117 e. The molecule has 1 unspecified atom stereocenters. The SMILES string of the molecule is CC(CCN)CN(C)C1CCN(C)CC1. The van der Waals surface area contributed by atoms with Gasteiger partial charge in [0.25, 0.3) is 0 Å². The van der Waals surface area contributed by atoms with E-state index in [0.29, 0.717) is 0 Å². The van der Waals surface area contributed by atoms with Crippen LogP contribution in [0.3, 0.4) is 0 Å². The quantitative estimate of drug-likeness (QED) is 0.739. The predicted molar refractivity (Wildman–Crippen MR) is 66.0 cm³/mol. The van der Waals surface area contributed by atoms with E-state index in [4.69, 9.17) is 5.73 Å². The Labute approximate surface area is 94.6 Å². The number of likely N-dealkylation sites (tertiary alicyclic amines) is 1. The fourth-order valence-corrected chi connectivity index (χ4v) is 2.45. The molecule has 1 saturated heterocycles. The van der Waals surface area contributed by atoms with Gasteiger partial charge >= 0.3 is 0 Å². The van der Waals surface area contributed by atoms with Crippen LogP contribution in [0.1, 0.15) is 26.2 Å². The van der Waals surface area contributed by atoms with Crippen molar-refractivity contribution in [3.63, 3.8) is 0 Å². The molecule has 0 aliphatic carbocycles. The van der Waals surface area contributed by atoms with E-state index in [1.54, 1.807) is 0 Å². The summed E-state index contributed by atoms with van der Waals surface area (Å²) in [6.45, 7) is 6.83. The zero-order valence-electron chi connectivity index (χ0n) is 10.6. The van der Waals surface area contributed by atoms with E-state index in [9.17, 15) is 0 Å². The van der Waals surface area contributed by atoms with Crippen LogP contribution in [-0.4, -0.2) is 56.1 Å². The van der Waals surface area contributed by atoms with Crippen LogP contribution in [0, 0.1) is 5.92 Å². The van der Waals surface area contributed by atoms with Gasteiger partial charge in [0.2, 0.25) is 0 Å². The summed E-state index contributed by atoms with van der Waals surface area (Å²) < 4.78 is 0. The van der Waals surface area contributed by atoms with Crippen LogP contribution in [0.25, 0.3) is 0 Å². The number of rotatable bonds is 5. The van der Waals surface area contributed by atoms with Crippen LogP contribution in [0.5, 0.6) is 0 Å². The summed E-state index contributed by atoms with van der Waals surface area (Å²) in [7, 11) is 4.48. The van der Waals surface area contributed by atoms with Crippen molar-refractivity contribution in [2.24, 2.45) is 11.7 Å². The van der Waals surface area contributed by atoms with Crippen molar-refractivity contribution < 1.29 is 0 Å². The lowest BCUT2D eigenvalue weighted by Crippen LogP contribution is -2.43. The predicted octanol–water partition coefficient (Wildman–Crippen LogP) is 0.997. The molecule has 3 heteroatoms. The fourth-order valence-electron chi connectivity index (χ4n) is 2.45. The van der Waals surface area contributed by atoms with Crippen molar-refractivity contribution in [2.75, 3.05) is 40.3 Å². The van der Waals surface area contributed by atoms with E-state index in [2.05, 4.69) is 30.8 Å². The third kappa shape index (κ3) is 4.49. The highest BCUT2D eigenvalue weighted by atomic mass is 15.2. The van der Waals surface area contributed by atoms with Gasteiger partial charge in [-0.3, -0.25) is 0 Å². The number of nitrogens with two attached hydrogens (primary N) is 1. The standard InChI is InChI=1S/C12H27N3/c1-11(4-7-13)10-15(3)12-5-8-14(2)9-6-12/h11-12H,4-10,13H2,1-3H3. The molecule has 3 nitrogen and oxygen atoms in total. The Morgan fingerprint density at radius 2 is 2.00 bits per heavy atom. The second-order valence-electron chi connectivity index (χ2n) is 5.16. The third-order valence-corrected chi connectivity index (χ3v) is 3.57. The van der Waals surface area contributed by atoms with Crippen molar-refractivity contribution in [1.29, 1.82) is 0 Å². The van der Waals surface area contributed by atoms with Gasteiger partial charge in [0.1, 0.15) is 0 Å². The Morgan fingerprint density at radius 3 is 2.53 bits per heavy atom.